The molecule has 3 heteroatoms. The quantitative estimate of drug-likeness (QED) is 0.887. The second-order valence-electron chi connectivity index (χ2n) is 6.44. The van der Waals surface area contributed by atoms with Crippen LogP contribution in [0.4, 0.5) is 0 Å². The fraction of sp³-hybridized carbons (Fsp3) is 0.588. The van der Waals surface area contributed by atoms with Gasteiger partial charge < -0.3 is 10.4 Å². The Labute approximate surface area is 121 Å². The minimum Gasteiger partial charge on any atom is -0.394 e. The molecular weight excluding hydrogens is 250 g/mol. The fourth-order valence-electron chi connectivity index (χ4n) is 3.17. The number of hydrogen-bond acceptors (Lipinski definition) is 2. The van der Waals surface area contributed by atoms with E-state index in [0.29, 0.717) is 0 Å². The first-order chi connectivity index (χ1) is 9.54. The van der Waals surface area contributed by atoms with Gasteiger partial charge in [0, 0.05) is 5.92 Å². The van der Waals surface area contributed by atoms with Gasteiger partial charge in [-0.1, -0.05) is 57.0 Å². The zero-order chi connectivity index (χ0) is 14.6. The van der Waals surface area contributed by atoms with E-state index < -0.39 is 0 Å². The van der Waals surface area contributed by atoms with Crippen molar-refractivity contribution in [2.45, 2.75) is 45.6 Å². The molecule has 3 nitrogen and oxygen atoms in total. The molecule has 0 spiro atoms. The van der Waals surface area contributed by atoms with Crippen molar-refractivity contribution in [3.05, 3.63) is 35.9 Å². The van der Waals surface area contributed by atoms with Gasteiger partial charge in [0.2, 0.25) is 5.91 Å². The predicted molar refractivity (Wildman–Crippen MR) is 80.2 cm³/mol. The van der Waals surface area contributed by atoms with Gasteiger partial charge >= 0.3 is 0 Å². The number of aliphatic hydroxyl groups excluding tert-OH is 1. The van der Waals surface area contributed by atoms with Crippen LogP contribution in [0.2, 0.25) is 0 Å². The molecule has 1 aromatic carbocycles. The van der Waals surface area contributed by atoms with E-state index in [1.807, 2.05) is 30.3 Å². The summed E-state index contributed by atoms with van der Waals surface area (Å²) in [6.07, 6.45) is 4.38. The van der Waals surface area contributed by atoms with E-state index in [1.54, 1.807) is 0 Å². The van der Waals surface area contributed by atoms with Crippen molar-refractivity contribution in [1.29, 1.82) is 0 Å². The third-order valence-corrected chi connectivity index (χ3v) is 4.52. The number of hydrogen-bond donors (Lipinski definition) is 2. The third-order valence-electron chi connectivity index (χ3n) is 4.52. The summed E-state index contributed by atoms with van der Waals surface area (Å²) < 4.78 is 0. The van der Waals surface area contributed by atoms with Gasteiger partial charge in [-0.3, -0.25) is 4.79 Å². The summed E-state index contributed by atoms with van der Waals surface area (Å²) >= 11 is 0. The Morgan fingerprint density at radius 3 is 2.65 bits per heavy atom. The van der Waals surface area contributed by atoms with Crippen molar-refractivity contribution in [2.75, 3.05) is 6.61 Å². The van der Waals surface area contributed by atoms with Crippen LogP contribution >= 0.6 is 0 Å². The molecule has 1 amide bonds. The first-order valence-corrected chi connectivity index (χ1v) is 7.51. The van der Waals surface area contributed by atoms with Crippen molar-refractivity contribution in [1.82, 2.24) is 5.32 Å². The SMILES string of the molecule is CC1(C)CCCCC1C(=O)N[C@H](CO)c1ccccc1. The maximum Gasteiger partial charge on any atom is 0.224 e. The van der Waals surface area contributed by atoms with Gasteiger partial charge in [-0.15, -0.1) is 0 Å². The highest BCUT2D eigenvalue weighted by molar-refractivity contribution is 5.80. The number of carbonyl (C=O) groups is 1. The molecule has 110 valence electrons. The molecule has 2 N–H and O–H groups in total. The summed E-state index contributed by atoms with van der Waals surface area (Å²) in [4.78, 5) is 12.5. The van der Waals surface area contributed by atoms with Crippen LogP contribution in [0, 0.1) is 11.3 Å². The molecule has 20 heavy (non-hydrogen) atoms. The van der Waals surface area contributed by atoms with E-state index in [9.17, 15) is 9.90 Å². The van der Waals surface area contributed by atoms with Crippen LogP contribution in [0.3, 0.4) is 0 Å². The topological polar surface area (TPSA) is 49.3 Å². The number of benzene rings is 1. The van der Waals surface area contributed by atoms with Crippen LogP contribution in [0.1, 0.15) is 51.1 Å². The second kappa shape index (κ2) is 6.40. The van der Waals surface area contributed by atoms with Crippen LogP contribution in [0.5, 0.6) is 0 Å². The molecule has 1 saturated carbocycles. The summed E-state index contributed by atoms with van der Waals surface area (Å²) in [6.45, 7) is 4.28. The monoisotopic (exact) mass is 275 g/mol. The Morgan fingerprint density at radius 1 is 1.35 bits per heavy atom. The Bertz CT molecular complexity index is 442. The minimum absolute atomic E-state index is 0.0500. The molecule has 2 atom stereocenters. The summed E-state index contributed by atoms with van der Waals surface area (Å²) in [5.74, 6) is 0.131. The van der Waals surface area contributed by atoms with Crippen LogP contribution in [0.15, 0.2) is 30.3 Å². The molecule has 2 rings (SSSR count). The van der Waals surface area contributed by atoms with Gasteiger partial charge in [0.1, 0.15) is 0 Å². The summed E-state index contributed by atoms with van der Waals surface area (Å²) in [5.41, 5.74) is 1.01. The standard InChI is InChI=1S/C17H25NO2/c1-17(2)11-7-6-10-14(17)16(20)18-15(12-19)13-8-4-3-5-9-13/h3-5,8-9,14-15,19H,6-7,10-12H2,1-2H3,(H,18,20)/t14?,15-/m1/s1. The Morgan fingerprint density at radius 2 is 2.05 bits per heavy atom. The Kier molecular flexibility index (Phi) is 4.81. The lowest BCUT2D eigenvalue weighted by Gasteiger charge is -2.38. The molecule has 0 heterocycles. The molecule has 1 fully saturated rings. The molecular formula is C17H25NO2. The summed E-state index contributed by atoms with van der Waals surface area (Å²) in [6, 6.07) is 9.36. The number of rotatable bonds is 4. The van der Waals surface area contributed by atoms with Crippen LogP contribution in [0.25, 0.3) is 0 Å². The number of aliphatic hydroxyl groups is 1. The number of carbonyl (C=O) groups excluding carboxylic acids is 1. The molecule has 1 aromatic rings. The van der Waals surface area contributed by atoms with Gasteiger partial charge in [-0.2, -0.15) is 0 Å². The number of amides is 1. The van der Waals surface area contributed by atoms with Crippen LogP contribution in [-0.4, -0.2) is 17.6 Å². The third kappa shape index (κ3) is 3.40. The lowest BCUT2D eigenvalue weighted by Crippen LogP contribution is -2.43. The van der Waals surface area contributed by atoms with E-state index in [-0.39, 0.29) is 29.9 Å². The van der Waals surface area contributed by atoms with Crippen LogP contribution < -0.4 is 5.32 Å². The fourth-order valence-corrected chi connectivity index (χ4v) is 3.17. The first-order valence-electron chi connectivity index (χ1n) is 7.51. The van der Waals surface area contributed by atoms with E-state index in [4.69, 9.17) is 0 Å². The Hall–Kier alpha value is -1.35. The lowest BCUT2D eigenvalue weighted by atomic mass is 9.68. The van der Waals surface area contributed by atoms with Gasteiger partial charge in [0.25, 0.3) is 0 Å². The van der Waals surface area contributed by atoms with Crippen molar-refractivity contribution >= 4 is 5.91 Å². The van der Waals surface area contributed by atoms with Gasteiger partial charge in [0.05, 0.1) is 12.6 Å². The van der Waals surface area contributed by atoms with Crippen molar-refractivity contribution in [3.63, 3.8) is 0 Å². The van der Waals surface area contributed by atoms with E-state index in [0.717, 1.165) is 24.8 Å². The highest BCUT2D eigenvalue weighted by atomic mass is 16.3. The molecule has 0 aliphatic heterocycles. The van der Waals surface area contributed by atoms with Crippen molar-refractivity contribution < 1.29 is 9.90 Å². The summed E-state index contributed by atoms with van der Waals surface area (Å²) in [7, 11) is 0. The first kappa shape index (κ1) is 15.0. The van der Waals surface area contributed by atoms with E-state index in [2.05, 4.69) is 19.2 Å². The molecule has 0 aromatic heterocycles. The average Bonchev–Trinajstić information content (AvgIpc) is 2.45. The molecule has 1 aliphatic rings. The molecule has 1 aliphatic carbocycles. The van der Waals surface area contributed by atoms with Crippen molar-refractivity contribution in [2.24, 2.45) is 11.3 Å². The second-order valence-corrected chi connectivity index (χ2v) is 6.44. The number of nitrogens with one attached hydrogen (secondary N) is 1. The largest absolute Gasteiger partial charge is 0.394 e. The molecule has 0 saturated heterocycles. The van der Waals surface area contributed by atoms with Crippen molar-refractivity contribution in [3.8, 4) is 0 Å². The van der Waals surface area contributed by atoms with Crippen LogP contribution in [-0.2, 0) is 4.79 Å². The highest BCUT2D eigenvalue weighted by Gasteiger charge is 2.37. The van der Waals surface area contributed by atoms with E-state index >= 15 is 0 Å². The molecule has 1 unspecified atom stereocenters. The highest BCUT2D eigenvalue weighted by Crippen LogP contribution is 2.40. The zero-order valence-corrected chi connectivity index (χ0v) is 12.4. The summed E-state index contributed by atoms with van der Waals surface area (Å²) in [5, 5.41) is 12.6. The molecule has 0 radical (unpaired) electrons. The Balaban J connectivity index is 2.06. The smallest absolute Gasteiger partial charge is 0.224 e. The predicted octanol–water partition coefficient (Wildman–Crippen LogP) is 3.05. The van der Waals surface area contributed by atoms with Gasteiger partial charge in [0.15, 0.2) is 0 Å². The maximum atomic E-state index is 12.5. The maximum absolute atomic E-state index is 12.5. The van der Waals surface area contributed by atoms with Gasteiger partial charge in [-0.25, -0.2) is 0 Å². The lowest BCUT2D eigenvalue weighted by molar-refractivity contribution is -0.131. The normalized spacial score (nSPS) is 23.1. The minimum atomic E-state index is -0.304. The van der Waals surface area contributed by atoms with Gasteiger partial charge in [-0.05, 0) is 23.8 Å². The molecule has 0 bridgehead atoms. The zero-order valence-electron chi connectivity index (χ0n) is 12.4. The van der Waals surface area contributed by atoms with E-state index in [1.165, 1.54) is 6.42 Å². The average molecular weight is 275 g/mol.